The Hall–Kier alpha value is -2.52. The summed E-state index contributed by atoms with van der Waals surface area (Å²) in [6, 6.07) is 24.1. The number of hydrogen-bond donors (Lipinski definition) is 0. The highest BCUT2D eigenvalue weighted by atomic mass is 19.1. The average Bonchev–Trinajstić information content (AvgIpc) is 2.63. The van der Waals surface area contributed by atoms with Crippen LogP contribution >= 0.6 is 0 Å². The van der Waals surface area contributed by atoms with Crippen molar-refractivity contribution in [2.45, 2.75) is 6.10 Å². The minimum atomic E-state index is -0.575. The van der Waals surface area contributed by atoms with Crippen molar-refractivity contribution in [2.24, 2.45) is 0 Å². The van der Waals surface area contributed by atoms with Gasteiger partial charge in [0.25, 0.3) is 0 Å². The van der Waals surface area contributed by atoms with E-state index >= 15 is 0 Å². The minimum Gasteiger partial charge on any atom is -0.366 e. The summed E-state index contributed by atoms with van der Waals surface area (Å²) in [6.07, 6.45) is -0.485. The third-order valence-corrected chi connectivity index (χ3v) is 3.83. The summed E-state index contributed by atoms with van der Waals surface area (Å²) in [5.41, 5.74) is 3.75. The number of rotatable bonds is 6. The first-order valence-corrected chi connectivity index (χ1v) is 7.86. The third kappa shape index (κ3) is 3.87. The number of halogens is 2. The Morgan fingerprint density at radius 3 is 2.12 bits per heavy atom. The van der Waals surface area contributed by atoms with E-state index in [1.54, 1.807) is 12.1 Å². The molecular weight excluding hydrogens is 306 g/mol. The first-order valence-electron chi connectivity index (χ1n) is 7.86. The summed E-state index contributed by atoms with van der Waals surface area (Å²) in [6.45, 7) is -0.602. The van der Waals surface area contributed by atoms with Crippen LogP contribution in [0.3, 0.4) is 0 Å². The minimum absolute atomic E-state index is 0.0262. The molecule has 24 heavy (non-hydrogen) atoms. The molecule has 3 rings (SSSR count). The molecule has 0 bridgehead atoms. The Labute approximate surface area is 140 Å². The SMILES string of the molecule is FCCOC(c1ccc(-c2ccccc2)cc1)c1cccc(F)c1. The predicted octanol–water partition coefficient (Wildman–Crippen LogP) is 5.57. The van der Waals surface area contributed by atoms with Gasteiger partial charge in [0.05, 0.1) is 6.61 Å². The molecule has 0 N–H and O–H groups in total. The fourth-order valence-corrected chi connectivity index (χ4v) is 2.70. The molecule has 122 valence electrons. The van der Waals surface area contributed by atoms with Crippen LogP contribution in [0.15, 0.2) is 78.9 Å². The summed E-state index contributed by atoms with van der Waals surface area (Å²) in [4.78, 5) is 0. The summed E-state index contributed by atoms with van der Waals surface area (Å²) in [7, 11) is 0. The molecule has 0 radical (unpaired) electrons. The van der Waals surface area contributed by atoms with Crippen LogP contribution in [0.25, 0.3) is 11.1 Å². The molecule has 0 saturated heterocycles. The zero-order valence-corrected chi connectivity index (χ0v) is 13.2. The number of benzene rings is 3. The van der Waals surface area contributed by atoms with Crippen LogP contribution in [0.2, 0.25) is 0 Å². The van der Waals surface area contributed by atoms with Crippen LogP contribution in [-0.4, -0.2) is 13.3 Å². The summed E-state index contributed by atoms with van der Waals surface area (Å²) in [5.74, 6) is -0.331. The van der Waals surface area contributed by atoms with Gasteiger partial charge >= 0.3 is 0 Å². The number of alkyl halides is 1. The Morgan fingerprint density at radius 1 is 0.750 bits per heavy atom. The first kappa shape index (κ1) is 16.3. The van der Waals surface area contributed by atoms with Crippen LogP contribution in [0.1, 0.15) is 17.2 Å². The van der Waals surface area contributed by atoms with E-state index in [0.29, 0.717) is 5.56 Å². The normalized spacial score (nSPS) is 12.1. The van der Waals surface area contributed by atoms with E-state index in [0.717, 1.165) is 16.7 Å². The quantitative estimate of drug-likeness (QED) is 0.576. The smallest absolute Gasteiger partial charge is 0.123 e. The van der Waals surface area contributed by atoms with Crippen molar-refractivity contribution in [3.63, 3.8) is 0 Å². The maximum atomic E-state index is 13.5. The van der Waals surface area contributed by atoms with Crippen molar-refractivity contribution >= 4 is 0 Å². The van der Waals surface area contributed by atoms with Crippen molar-refractivity contribution in [1.82, 2.24) is 0 Å². The van der Waals surface area contributed by atoms with Gasteiger partial charge in [-0.05, 0) is 34.4 Å². The van der Waals surface area contributed by atoms with Gasteiger partial charge in [0.2, 0.25) is 0 Å². The highest BCUT2D eigenvalue weighted by Crippen LogP contribution is 2.29. The first-order chi connectivity index (χ1) is 11.8. The second-order valence-corrected chi connectivity index (χ2v) is 5.48. The van der Waals surface area contributed by atoms with Gasteiger partial charge < -0.3 is 4.74 Å². The number of ether oxygens (including phenoxy) is 1. The molecule has 1 atom stereocenters. The molecule has 0 spiro atoms. The maximum Gasteiger partial charge on any atom is 0.123 e. The van der Waals surface area contributed by atoms with Gasteiger partial charge in [-0.1, -0.05) is 66.7 Å². The molecule has 0 aromatic heterocycles. The van der Waals surface area contributed by atoms with Gasteiger partial charge in [-0.3, -0.25) is 0 Å². The lowest BCUT2D eigenvalue weighted by atomic mass is 9.98. The van der Waals surface area contributed by atoms with E-state index in [4.69, 9.17) is 4.74 Å². The van der Waals surface area contributed by atoms with Gasteiger partial charge in [-0.2, -0.15) is 0 Å². The molecule has 3 heteroatoms. The van der Waals surface area contributed by atoms with E-state index < -0.39 is 12.8 Å². The molecule has 0 fully saturated rings. The zero-order chi connectivity index (χ0) is 16.8. The highest BCUT2D eigenvalue weighted by Gasteiger charge is 2.15. The highest BCUT2D eigenvalue weighted by molar-refractivity contribution is 5.63. The molecule has 0 aliphatic rings. The Morgan fingerprint density at radius 2 is 1.46 bits per heavy atom. The third-order valence-electron chi connectivity index (χ3n) is 3.83. The summed E-state index contributed by atoms with van der Waals surface area (Å²) < 4.78 is 31.7. The van der Waals surface area contributed by atoms with Crippen molar-refractivity contribution in [1.29, 1.82) is 0 Å². The van der Waals surface area contributed by atoms with Gasteiger partial charge in [0.1, 0.15) is 18.6 Å². The molecule has 0 saturated carbocycles. The molecule has 0 amide bonds. The lowest BCUT2D eigenvalue weighted by molar-refractivity contribution is 0.0690. The molecule has 3 aromatic carbocycles. The van der Waals surface area contributed by atoms with Crippen LogP contribution in [0, 0.1) is 5.82 Å². The number of hydrogen-bond acceptors (Lipinski definition) is 1. The van der Waals surface area contributed by atoms with E-state index in [2.05, 4.69) is 0 Å². The maximum absolute atomic E-state index is 13.5. The summed E-state index contributed by atoms with van der Waals surface area (Å²) >= 11 is 0. The van der Waals surface area contributed by atoms with Crippen LogP contribution in [0.5, 0.6) is 0 Å². The lowest BCUT2D eigenvalue weighted by Crippen LogP contribution is -2.08. The molecular formula is C21H18F2O. The van der Waals surface area contributed by atoms with Gasteiger partial charge in [-0.25, -0.2) is 8.78 Å². The second kappa shape index (κ2) is 7.84. The summed E-state index contributed by atoms with van der Waals surface area (Å²) in [5, 5.41) is 0. The van der Waals surface area contributed by atoms with Crippen LogP contribution in [-0.2, 0) is 4.74 Å². The van der Waals surface area contributed by atoms with Crippen LogP contribution in [0.4, 0.5) is 8.78 Å². The molecule has 1 unspecified atom stereocenters. The predicted molar refractivity (Wildman–Crippen MR) is 92.0 cm³/mol. The average molecular weight is 324 g/mol. The van der Waals surface area contributed by atoms with E-state index in [1.807, 2.05) is 54.6 Å². The fourth-order valence-electron chi connectivity index (χ4n) is 2.70. The van der Waals surface area contributed by atoms with E-state index in [-0.39, 0.29) is 12.4 Å². The molecule has 0 aliphatic carbocycles. The van der Waals surface area contributed by atoms with Gasteiger partial charge in [0.15, 0.2) is 0 Å². The lowest BCUT2D eigenvalue weighted by Gasteiger charge is -2.19. The van der Waals surface area contributed by atoms with Crippen molar-refractivity contribution < 1.29 is 13.5 Å². The Bertz CT molecular complexity index is 769. The fraction of sp³-hybridized carbons (Fsp3) is 0.143. The molecule has 0 aliphatic heterocycles. The van der Waals surface area contributed by atoms with E-state index in [9.17, 15) is 8.78 Å². The van der Waals surface area contributed by atoms with Crippen molar-refractivity contribution in [2.75, 3.05) is 13.3 Å². The topological polar surface area (TPSA) is 9.23 Å². The largest absolute Gasteiger partial charge is 0.366 e. The van der Waals surface area contributed by atoms with Gasteiger partial charge in [-0.15, -0.1) is 0 Å². The van der Waals surface area contributed by atoms with Gasteiger partial charge in [0, 0.05) is 0 Å². The zero-order valence-electron chi connectivity index (χ0n) is 13.2. The van der Waals surface area contributed by atoms with Crippen LogP contribution < -0.4 is 0 Å². The second-order valence-electron chi connectivity index (χ2n) is 5.48. The Kier molecular flexibility index (Phi) is 5.34. The molecule has 0 heterocycles. The molecule has 1 nitrogen and oxygen atoms in total. The Balaban J connectivity index is 1.90. The monoisotopic (exact) mass is 324 g/mol. The van der Waals surface area contributed by atoms with Crippen molar-refractivity contribution in [3.8, 4) is 11.1 Å². The molecule has 3 aromatic rings. The standard InChI is InChI=1S/C21H18F2O/c22-13-14-24-21(19-7-4-8-20(23)15-19)18-11-9-17(10-12-18)16-5-2-1-3-6-16/h1-12,15,21H,13-14H2. The van der Waals surface area contributed by atoms with Crippen molar-refractivity contribution in [3.05, 3.63) is 95.8 Å². The van der Waals surface area contributed by atoms with E-state index in [1.165, 1.54) is 12.1 Å².